The van der Waals surface area contributed by atoms with Crippen LogP contribution < -0.4 is 0 Å². The van der Waals surface area contributed by atoms with E-state index in [1.165, 1.54) is 44.9 Å². The van der Waals surface area contributed by atoms with Crippen molar-refractivity contribution < 1.29 is 24.2 Å². The smallest absolute Gasteiger partial charge is 0.479 e. The summed E-state index contributed by atoms with van der Waals surface area (Å²) in [6.45, 7) is 9.41. The summed E-state index contributed by atoms with van der Waals surface area (Å²) < 4.78 is 9.99. The number of aliphatic carboxylic acids is 1. The SMILES string of the molecule is CCCCCCCCCCCC[C@H](OC(=O)OCCCN(CC)CC)C(=O)O. The molecule has 0 amide bonds. The number of carboxylic acid groups (broad SMARTS) is 1. The van der Waals surface area contributed by atoms with E-state index in [4.69, 9.17) is 9.47 Å². The van der Waals surface area contributed by atoms with Crippen LogP contribution >= 0.6 is 0 Å². The molecule has 166 valence electrons. The van der Waals surface area contributed by atoms with Gasteiger partial charge in [0, 0.05) is 6.54 Å². The average molecular weight is 402 g/mol. The van der Waals surface area contributed by atoms with Crippen molar-refractivity contribution in [1.82, 2.24) is 4.90 Å². The van der Waals surface area contributed by atoms with Crippen LogP contribution in [0.4, 0.5) is 4.79 Å². The van der Waals surface area contributed by atoms with Gasteiger partial charge < -0.3 is 19.5 Å². The summed E-state index contributed by atoms with van der Waals surface area (Å²) in [6.07, 6.45) is 10.9. The molecule has 0 aliphatic carbocycles. The van der Waals surface area contributed by atoms with Gasteiger partial charge in [-0.05, 0) is 32.4 Å². The molecule has 0 rings (SSSR count). The summed E-state index contributed by atoms with van der Waals surface area (Å²) in [4.78, 5) is 25.2. The Labute approximate surface area is 172 Å². The van der Waals surface area contributed by atoms with Gasteiger partial charge in [-0.1, -0.05) is 78.6 Å². The third-order valence-corrected chi connectivity index (χ3v) is 5.07. The van der Waals surface area contributed by atoms with Crippen molar-refractivity contribution in [2.75, 3.05) is 26.2 Å². The molecule has 0 saturated heterocycles. The molecule has 0 aliphatic rings. The van der Waals surface area contributed by atoms with Gasteiger partial charge in [-0.2, -0.15) is 0 Å². The minimum absolute atomic E-state index is 0.250. The van der Waals surface area contributed by atoms with Crippen LogP contribution in [0.3, 0.4) is 0 Å². The molecule has 6 heteroatoms. The Morgan fingerprint density at radius 3 is 1.86 bits per heavy atom. The molecule has 0 unspecified atom stereocenters. The molecule has 0 aliphatic heterocycles. The molecule has 0 aromatic heterocycles. The van der Waals surface area contributed by atoms with Crippen LogP contribution in [0.25, 0.3) is 0 Å². The third-order valence-electron chi connectivity index (χ3n) is 5.07. The van der Waals surface area contributed by atoms with Gasteiger partial charge in [0.15, 0.2) is 0 Å². The van der Waals surface area contributed by atoms with Crippen LogP contribution in [0, 0.1) is 0 Å². The van der Waals surface area contributed by atoms with E-state index in [2.05, 4.69) is 25.7 Å². The van der Waals surface area contributed by atoms with Crippen molar-refractivity contribution in [3.8, 4) is 0 Å². The Morgan fingerprint density at radius 1 is 0.821 bits per heavy atom. The summed E-state index contributed by atoms with van der Waals surface area (Å²) in [5, 5.41) is 9.23. The lowest BCUT2D eigenvalue weighted by Gasteiger charge is -2.18. The van der Waals surface area contributed by atoms with E-state index in [0.29, 0.717) is 12.8 Å². The zero-order valence-corrected chi connectivity index (χ0v) is 18.4. The Bertz CT molecular complexity index is 385. The summed E-state index contributed by atoms with van der Waals surface area (Å²) >= 11 is 0. The van der Waals surface area contributed by atoms with Crippen LogP contribution in [0.1, 0.15) is 97.8 Å². The fourth-order valence-electron chi connectivity index (χ4n) is 3.18. The maximum absolute atomic E-state index is 11.7. The molecule has 0 fully saturated rings. The normalized spacial score (nSPS) is 12.1. The average Bonchev–Trinajstić information content (AvgIpc) is 2.68. The standard InChI is InChI=1S/C22H43NO5/c1-4-7-8-9-10-11-12-13-14-15-17-20(21(24)25)28-22(26)27-19-16-18-23(5-2)6-3/h20H,4-19H2,1-3H3,(H,24,25)/t20-/m0/s1. The monoisotopic (exact) mass is 401 g/mol. The number of unbranched alkanes of at least 4 members (excludes halogenated alkanes) is 9. The lowest BCUT2D eigenvalue weighted by Crippen LogP contribution is -2.28. The number of hydrogen-bond acceptors (Lipinski definition) is 5. The first-order chi connectivity index (χ1) is 13.5. The van der Waals surface area contributed by atoms with Gasteiger partial charge in [0.25, 0.3) is 0 Å². The van der Waals surface area contributed by atoms with Gasteiger partial charge in [-0.25, -0.2) is 9.59 Å². The van der Waals surface area contributed by atoms with Crippen molar-refractivity contribution in [2.24, 2.45) is 0 Å². The highest BCUT2D eigenvalue weighted by atomic mass is 16.7. The van der Waals surface area contributed by atoms with E-state index in [9.17, 15) is 14.7 Å². The molecular formula is C22H43NO5. The zero-order chi connectivity index (χ0) is 21.0. The topological polar surface area (TPSA) is 76.1 Å². The highest BCUT2D eigenvalue weighted by molar-refractivity contribution is 5.75. The van der Waals surface area contributed by atoms with E-state index >= 15 is 0 Å². The summed E-state index contributed by atoms with van der Waals surface area (Å²) in [6, 6.07) is 0. The molecule has 0 bridgehead atoms. The van der Waals surface area contributed by atoms with Crippen LogP contribution in [0.5, 0.6) is 0 Å². The van der Waals surface area contributed by atoms with Crippen molar-refractivity contribution >= 4 is 12.1 Å². The molecule has 0 radical (unpaired) electrons. The Hall–Kier alpha value is -1.30. The van der Waals surface area contributed by atoms with Crippen LogP contribution in [0.2, 0.25) is 0 Å². The van der Waals surface area contributed by atoms with Gasteiger partial charge in [-0.15, -0.1) is 0 Å². The molecular weight excluding hydrogens is 358 g/mol. The number of carbonyl (C=O) groups excluding carboxylic acids is 1. The first-order valence-corrected chi connectivity index (χ1v) is 11.3. The first-order valence-electron chi connectivity index (χ1n) is 11.3. The molecule has 0 spiro atoms. The molecule has 0 heterocycles. The molecule has 0 saturated carbocycles. The van der Waals surface area contributed by atoms with Crippen molar-refractivity contribution in [2.45, 2.75) is 104 Å². The van der Waals surface area contributed by atoms with Crippen molar-refractivity contribution in [3.63, 3.8) is 0 Å². The van der Waals surface area contributed by atoms with E-state index in [1.807, 2.05) is 0 Å². The second-order valence-electron chi connectivity index (χ2n) is 7.39. The summed E-state index contributed by atoms with van der Waals surface area (Å²) in [5.41, 5.74) is 0. The van der Waals surface area contributed by atoms with E-state index in [1.54, 1.807) is 0 Å². The predicted octanol–water partition coefficient (Wildman–Crippen LogP) is 5.64. The van der Waals surface area contributed by atoms with Crippen molar-refractivity contribution in [3.05, 3.63) is 0 Å². The highest BCUT2D eigenvalue weighted by Gasteiger charge is 2.22. The minimum Gasteiger partial charge on any atom is -0.479 e. The van der Waals surface area contributed by atoms with E-state index in [-0.39, 0.29) is 6.61 Å². The Morgan fingerprint density at radius 2 is 1.36 bits per heavy atom. The molecule has 6 nitrogen and oxygen atoms in total. The number of carbonyl (C=O) groups is 2. The lowest BCUT2D eigenvalue weighted by molar-refractivity contribution is -0.148. The molecule has 1 N–H and O–H groups in total. The number of nitrogens with zero attached hydrogens (tertiary/aromatic N) is 1. The molecule has 0 aromatic carbocycles. The fourth-order valence-corrected chi connectivity index (χ4v) is 3.18. The largest absolute Gasteiger partial charge is 0.509 e. The zero-order valence-electron chi connectivity index (χ0n) is 18.4. The Kier molecular flexibility index (Phi) is 18.2. The van der Waals surface area contributed by atoms with E-state index in [0.717, 1.165) is 38.9 Å². The van der Waals surface area contributed by atoms with Gasteiger partial charge in [0.1, 0.15) is 0 Å². The highest BCUT2D eigenvalue weighted by Crippen LogP contribution is 2.13. The van der Waals surface area contributed by atoms with Gasteiger partial charge >= 0.3 is 12.1 Å². The summed E-state index contributed by atoms with van der Waals surface area (Å²) in [5.74, 6) is -1.10. The number of rotatable bonds is 19. The molecule has 1 atom stereocenters. The van der Waals surface area contributed by atoms with Gasteiger partial charge in [-0.3, -0.25) is 0 Å². The number of hydrogen-bond donors (Lipinski definition) is 1. The quantitative estimate of drug-likeness (QED) is 0.223. The Balaban J connectivity index is 3.77. The maximum Gasteiger partial charge on any atom is 0.509 e. The molecule has 28 heavy (non-hydrogen) atoms. The second-order valence-corrected chi connectivity index (χ2v) is 7.39. The van der Waals surface area contributed by atoms with Crippen LogP contribution in [-0.2, 0) is 14.3 Å². The minimum atomic E-state index is -1.11. The van der Waals surface area contributed by atoms with Gasteiger partial charge in [0.05, 0.1) is 6.61 Å². The van der Waals surface area contributed by atoms with Crippen molar-refractivity contribution in [1.29, 1.82) is 0 Å². The fraction of sp³-hybridized carbons (Fsp3) is 0.909. The van der Waals surface area contributed by atoms with Gasteiger partial charge in [0.2, 0.25) is 6.10 Å². The third kappa shape index (κ3) is 15.7. The second kappa shape index (κ2) is 19.0. The van der Waals surface area contributed by atoms with Crippen LogP contribution in [0.15, 0.2) is 0 Å². The first kappa shape index (κ1) is 26.7. The van der Waals surface area contributed by atoms with Crippen LogP contribution in [-0.4, -0.2) is 54.5 Å². The van der Waals surface area contributed by atoms with E-state index < -0.39 is 18.2 Å². The molecule has 0 aromatic rings. The predicted molar refractivity (Wildman–Crippen MR) is 113 cm³/mol. The lowest BCUT2D eigenvalue weighted by atomic mass is 10.0. The number of carboxylic acids is 1. The summed E-state index contributed by atoms with van der Waals surface area (Å²) in [7, 11) is 0. The number of ether oxygens (including phenoxy) is 2. The maximum atomic E-state index is 11.7.